The molecule has 2 N–H and O–H groups in total. The molecule has 0 spiro atoms. The monoisotopic (exact) mass is 442 g/mol. The molecule has 32 heavy (non-hydrogen) atoms. The summed E-state index contributed by atoms with van der Waals surface area (Å²) in [5.41, 5.74) is 8.06. The van der Waals surface area contributed by atoms with E-state index >= 15 is 0 Å². The molecule has 0 amide bonds. The lowest BCUT2D eigenvalue weighted by atomic mass is 10.1. The summed E-state index contributed by atoms with van der Waals surface area (Å²) in [4.78, 5) is 0. The van der Waals surface area contributed by atoms with Crippen LogP contribution < -0.4 is 5.32 Å². The van der Waals surface area contributed by atoms with Crippen molar-refractivity contribution in [3.8, 4) is 5.88 Å². The number of aryl methyl sites for hydroxylation is 4. The van der Waals surface area contributed by atoms with Gasteiger partial charge in [-0.1, -0.05) is 48.0 Å². The highest BCUT2D eigenvalue weighted by Crippen LogP contribution is 2.39. The molecule has 0 aliphatic heterocycles. The summed E-state index contributed by atoms with van der Waals surface area (Å²) in [6.45, 7) is 8.80. The lowest BCUT2D eigenvalue weighted by Gasteiger charge is -2.11. The molecule has 0 unspecified atom stereocenters. The molecule has 1 aromatic heterocycles. The first-order chi connectivity index (χ1) is 15.3. The first-order valence-corrected chi connectivity index (χ1v) is 10.9. The zero-order valence-electron chi connectivity index (χ0n) is 18.7. The molecular weight excluding hydrogens is 416 g/mol. The number of anilines is 1. The van der Waals surface area contributed by atoms with Gasteiger partial charge in [-0.3, -0.25) is 0 Å². The molecular formula is C26H26N4OS. The summed E-state index contributed by atoms with van der Waals surface area (Å²) in [6, 6.07) is 20.1. The number of hydrogen-bond acceptors (Lipinski definition) is 3. The van der Waals surface area contributed by atoms with Crippen molar-refractivity contribution in [1.29, 1.82) is 0 Å². The zero-order chi connectivity index (χ0) is 22.8. The number of azo groups is 1. The number of thiocarbonyl (C=S) groups is 1. The Morgan fingerprint density at radius 3 is 2.47 bits per heavy atom. The van der Waals surface area contributed by atoms with E-state index in [9.17, 15) is 5.11 Å². The molecule has 6 heteroatoms. The fraction of sp³-hybridized carbons (Fsp3) is 0.192. The van der Waals surface area contributed by atoms with Gasteiger partial charge in [0.25, 0.3) is 0 Å². The standard InChI is InChI=1S/C26H26N4OS/c1-16-9-10-18(3)20(13-16)15-30-23-8-6-5-7-22(23)24(25(30)31)28-29-26(32)27-21-12-11-17(2)19(4)14-21/h5-14,31H,15H2,1-4H3,(H,27,32). The minimum atomic E-state index is 0.0739. The van der Waals surface area contributed by atoms with Crippen molar-refractivity contribution in [2.75, 3.05) is 5.32 Å². The van der Waals surface area contributed by atoms with E-state index in [4.69, 9.17) is 12.2 Å². The van der Waals surface area contributed by atoms with E-state index in [0.717, 1.165) is 22.2 Å². The van der Waals surface area contributed by atoms with Crippen LogP contribution >= 0.6 is 12.2 Å². The third kappa shape index (κ3) is 4.41. The van der Waals surface area contributed by atoms with Crippen LogP contribution in [0.25, 0.3) is 10.9 Å². The Morgan fingerprint density at radius 1 is 0.938 bits per heavy atom. The van der Waals surface area contributed by atoms with Gasteiger partial charge in [0.1, 0.15) is 0 Å². The molecule has 4 rings (SSSR count). The maximum absolute atomic E-state index is 11.0. The van der Waals surface area contributed by atoms with Crippen molar-refractivity contribution in [2.24, 2.45) is 10.2 Å². The van der Waals surface area contributed by atoms with Crippen LogP contribution in [0.1, 0.15) is 27.8 Å². The van der Waals surface area contributed by atoms with Gasteiger partial charge in [-0.05, 0) is 80.4 Å². The van der Waals surface area contributed by atoms with Gasteiger partial charge < -0.3 is 15.0 Å². The number of nitrogens with zero attached hydrogens (tertiary/aromatic N) is 3. The predicted molar refractivity (Wildman–Crippen MR) is 135 cm³/mol. The van der Waals surface area contributed by atoms with Gasteiger partial charge in [0.2, 0.25) is 11.0 Å². The molecule has 0 atom stereocenters. The number of benzene rings is 3. The molecule has 5 nitrogen and oxygen atoms in total. The number of nitrogens with one attached hydrogen (secondary N) is 1. The number of aromatic nitrogens is 1. The number of hydrogen-bond donors (Lipinski definition) is 2. The average Bonchev–Trinajstić information content (AvgIpc) is 3.03. The first kappa shape index (κ1) is 21.7. The Balaban J connectivity index is 1.65. The van der Waals surface area contributed by atoms with Crippen molar-refractivity contribution in [3.63, 3.8) is 0 Å². The van der Waals surface area contributed by atoms with E-state index in [1.807, 2.05) is 54.0 Å². The van der Waals surface area contributed by atoms with E-state index in [0.29, 0.717) is 12.2 Å². The number of aromatic hydroxyl groups is 1. The lowest BCUT2D eigenvalue weighted by Crippen LogP contribution is -2.05. The Morgan fingerprint density at radius 2 is 1.69 bits per heavy atom. The predicted octanol–water partition coefficient (Wildman–Crippen LogP) is 7.11. The SMILES string of the molecule is Cc1ccc(C)c(Cn2c(O)c(N=NC(=S)Nc3ccc(C)c(C)c3)c3ccccc32)c1. The maximum Gasteiger partial charge on any atom is 0.221 e. The van der Waals surface area contributed by atoms with Gasteiger partial charge in [-0.25, -0.2) is 0 Å². The minimum Gasteiger partial charge on any atom is -0.493 e. The highest BCUT2D eigenvalue weighted by atomic mass is 32.1. The van der Waals surface area contributed by atoms with Crippen LogP contribution in [-0.4, -0.2) is 14.8 Å². The van der Waals surface area contributed by atoms with Gasteiger partial charge in [0.05, 0.1) is 12.1 Å². The van der Waals surface area contributed by atoms with Gasteiger partial charge in [0, 0.05) is 11.1 Å². The summed E-state index contributed by atoms with van der Waals surface area (Å²) < 4.78 is 1.87. The lowest BCUT2D eigenvalue weighted by molar-refractivity contribution is 0.429. The highest BCUT2D eigenvalue weighted by Gasteiger charge is 2.17. The number of para-hydroxylation sites is 1. The number of rotatable bonds is 4. The Kier molecular flexibility index (Phi) is 6.06. The molecule has 4 aromatic rings. The van der Waals surface area contributed by atoms with Gasteiger partial charge in [-0.2, -0.15) is 0 Å². The van der Waals surface area contributed by atoms with Crippen LogP contribution in [0, 0.1) is 27.7 Å². The third-order valence-electron chi connectivity index (χ3n) is 5.75. The normalized spacial score (nSPS) is 11.4. The van der Waals surface area contributed by atoms with Gasteiger partial charge >= 0.3 is 0 Å². The zero-order valence-corrected chi connectivity index (χ0v) is 19.5. The summed E-state index contributed by atoms with van der Waals surface area (Å²) in [5.74, 6) is 0.0739. The van der Waals surface area contributed by atoms with E-state index in [1.165, 1.54) is 22.3 Å². The second-order valence-corrected chi connectivity index (χ2v) is 8.52. The van der Waals surface area contributed by atoms with E-state index < -0.39 is 0 Å². The maximum atomic E-state index is 11.0. The molecule has 0 saturated carbocycles. The van der Waals surface area contributed by atoms with Crippen LogP contribution in [0.4, 0.5) is 11.4 Å². The summed E-state index contributed by atoms with van der Waals surface area (Å²) in [6.07, 6.45) is 0. The topological polar surface area (TPSA) is 61.9 Å². The fourth-order valence-electron chi connectivity index (χ4n) is 3.73. The van der Waals surface area contributed by atoms with Crippen LogP contribution in [0.3, 0.4) is 0 Å². The minimum absolute atomic E-state index is 0.0739. The highest BCUT2D eigenvalue weighted by molar-refractivity contribution is 7.80. The quantitative estimate of drug-likeness (QED) is 0.261. The molecule has 0 fully saturated rings. The largest absolute Gasteiger partial charge is 0.493 e. The van der Waals surface area contributed by atoms with Crippen molar-refractivity contribution in [2.45, 2.75) is 34.2 Å². The van der Waals surface area contributed by atoms with E-state index in [2.05, 4.69) is 54.5 Å². The first-order valence-electron chi connectivity index (χ1n) is 10.5. The Bertz CT molecular complexity index is 1350. The van der Waals surface area contributed by atoms with Crippen molar-refractivity contribution >= 4 is 39.6 Å². The van der Waals surface area contributed by atoms with Gasteiger partial charge in [0.15, 0.2) is 5.69 Å². The molecule has 0 saturated heterocycles. The molecule has 1 heterocycles. The van der Waals surface area contributed by atoms with Gasteiger partial charge in [-0.15, -0.1) is 10.2 Å². The Labute approximate surface area is 193 Å². The second-order valence-electron chi connectivity index (χ2n) is 8.13. The molecule has 0 aliphatic rings. The van der Waals surface area contributed by atoms with Crippen LogP contribution in [0.5, 0.6) is 5.88 Å². The Hall–Kier alpha value is -3.51. The van der Waals surface area contributed by atoms with Crippen molar-refractivity contribution in [1.82, 2.24) is 4.57 Å². The van der Waals surface area contributed by atoms with Crippen molar-refractivity contribution in [3.05, 3.63) is 88.5 Å². The van der Waals surface area contributed by atoms with Crippen LogP contribution in [-0.2, 0) is 6.54 Å². The molecule has 3 aromatic carbocycles. The molecule has 0 bridgehead atoms. The third-order valence-corrected chi connectivity index (χ3v) is 5.93. The second kappa shape index (κ2) is 8.93. The number of fused-ring (bicyclic) bond motifs is 1. The van der Waals surface area contributed by atoms with E-state index in [-0.39, 0.29) is 11.0 Å². The molecule has 0 radical (unpaired) electrons. The fourth-order valence-corrected chi connectivity index (χ4v) is 3.89. The summed E-state index contributed by atoms with van der Waals surface area (Å²) in [5, 5.41) is 23.7. The van der Waals surface area contributed by atoms with Crippen molar-refractivity contribution < 1.29 is 5.11 Å². The van der Waals surface area contributed by atoms with Crippen LogP contribution in [0.2, 0.25) is 0 Å². The smallest absolute Gasteiger partial charge is 0.221 e. The van der Waals surface area contributed by atoms with Crippen LogP contribution in [0.15, 0.2) is 70.9 Å². The molecule has 0 aliphatic carbocycles. The average molecular weight is 443 g/mol. The summed E-state index contributed by atoms with van der Waals surface area (Å²) in [7, 11) is 0. The molecule has 162 valence electrons. The summed E-state index contributed by atoms with van der Waals surface area (Å²) >= 11 is 5.36. The van der Waals surface area contributed by atoms with E-state index in [1.54, 1.807) is 0 Å².